The van der Waals surface area contributed by atoms with E-state index in [0.29, 0.717) is 0 Å². The third kappa shape index (κ3) is 42.1. The van der Waals surface area contributed by atoms with Crippen LogP contribution in [0.1, 0.15) is 0 Å². The van der Waals surface area contributed by atoms with Crippen LogP contribution in [0.4, 0.5) is 39.5 Å². The van der Waals surface area contributed by atoms with Crippen LogP contribution in [-0.4, -0.2) is 105 Å². The molecule has 0 aliphatic rings. The van der Waals surface area contributed by atoms with Gasteiger partial charge in [-0.25, -0.2) is 25.3 Å². The van der Waals surface area contributed by atoms with E-state index in [4.69, 9.17) is 38.9 Å². The van der Waals surface area contributed by atoms with Crippen LogP contribution in [0.3, 0.4) is 0 Å². The van der Waals surface area contributed by atoms with E-state index in [1.54, 1.807) is 0 Å². The second-order valence-corrected chi connectivity index (χ2v) is 6.81. The summed E-state index contributed by atoms with van der Waals surface area (Å²) in [5.41, 5.74) is -16.9. The predicted octanol–water partition coefficient (Wildman–Crippen LogP) is -7.27. The van der Waals surface area contributed by atoms with Crippen LogP contribution < -0.4 is 0 Å². The Morgan fingerprint density at radius 1 is 0.353 bits per heavy atom. The fourth-order valence-electron chi connectivity index (χ4n) is 0. The molecule has 0 radical (unpaired) electrons. The van der Waals surface area contributed by atoms with Gasteiger partial charge in [0, 0.05) is 0 Å². The molecule has 0 atom stereocenters. The molecule has 34 heavy (non-hydrogen) atoms. The van der Waals surface area contributed by atoms with E-state index in [1.807, 2.05) is 0 Å². The van der Waals surface area contributed by atoms with E-state index >= 15 is 0 Å². The summed E-state index contributed by atoms with van der Waals surface area (Å²) in [6.45, 7) is 0. The zero-order valence-electron chi connectivity index (χ0n) is 14.9. The molecule has 0 aliphatic heterocycles. The molecular weight excluding hydrogens is 730 g/mol. The Kier molecular flexibility index (Phi) is 64.3. The van der Waals surface area contributed by atoms with Crippen molar-refractivity contribution in [2.75, 3.05) is 0 Å². The summed E-state index contributed by atoms with van der Waals surface area (Å²) >= 11 is 0. The van der Waals surface area contributed by atoms with Crippen molar-refractivity contribution in [2.45, 2.75) is 16.5 Å². The number of hydrogen-bond acceptors (Lipinski definition) is 9. The van der Waals surface area contributed by atoms with E-state index in [1.165, 1.54) is 0 Å². The molecule has 0 heterocycles. The second-order valence-electron chi connectivity index (χ2n) is 2.70. The van der Waals surface area contributed by atoms with Crippen LogP contribution in [0.5, 0.6) is 0 Å². The van der Waals surface area contributed by atoms with Crippen molar-refractivity contribution in [3.63, 3.8) is 0 Å². The van der Waals surface area contributed by atoms with E-state index < -0.39 is 46.9 Å². The van der Waals surface area contributed by atoms with Crippen molar-refractivity contribution >= 4 is 30.4 Å². The smallest absolute Gasteiger partial charge is 0.741 e. The maximum Gasteiger partial charge on any atom is 3.00 e. The molecule has 0 spiro atoms. The SMILES string of the molecule is O.O.O.O.O.O.O.O.O.O=S(=O)([O-])C(F)(F)F.O=S(=O)([O-])C(F)(F)F.O=S(=O)([O-])C(F)(F)F.[La+3]. The molecule has 18 N–H and O–H groups in total. The first-order valence-electron chi connectivity index (χ1n) is 3.81. The van der Waals surface area contributed by atoms with Crippen LogP contribution >= 0.6 is 0 Å². The largest absolute Gasteiger partial charge is 3.00 e. The van der Waals surface area contributed by atoms with Gasteiger partial charge >= 0.3 is 52.1 Å². The quantitative estimate of drug-likeness (QED) is 0.129. The molecule has 0 fully saturated rings. The van der Waals surface area contributed by atoms with Crippen LogP contribution in [0, 0.1) is 35.6 Å². The van der Waals surface area contributed by atoms with Crippen molar-refractivity contribution in [1.29, 1.82) is 0 Å². The molecule has 222 valence electrons. The first kappa shape index (κ1) is 84.0. The Balaban J connectivity index is -0.0000000154. The zero-order chi connectivity index (χ0) is 21.0. The molecule has 0 aliphatic carbocycles. The summed E-state index contributed by atoms with van der Waals surface area (Å²) in [5.74, 6) is 0. The maximum absolute atomic E-state index is 10.7. The Morgan fingerprint density at radius 2 is 0.382 bits per heavy atom. The van der Waals surface area contributed by atoms with Gasteiger partial charge in [0.25, 0.3) is 0 Å². The number of hydrogen-bond donors (Lipinski definition) is 0. The minimum absolute atomic E-state index is 0. The molecule has 18 nitrogen and oxygen atoms in total. The molecule has 0 saturated carbocycles. The van der Waals surface area contributed by atoms with Gasteiger partial charge in [0.15, 0.2) is 30.4 Å². The summed E-state index contributed by atoms with van der Waals surface area (Å²) < 4.78 is 177. The van der Waals surface area contributed by atoms with Gasteiger partial charge in [-0.05, 0) is 0 Å². The average Bonchev–Trinajstić information content (AvgIpc) is 2.08. The van der Waals surface area contributed by atoms with Crippen LogP contribution in [0.25, 0.3) is 0 Å². The second kappa shape index (κ2) is 26.0. The Bertz CT molecular complexity index is 607. The molecule has 0 amide bonds. The molecule has 0 saturated heterocycles. The Hall–Kier alpha value is -0.0652. The van der Waals surface area contributed by atoms with Crippen molar-refractivity contribution in [1.82, 2.24) is 0 Å². The van der Waals surface area contributed by atoms with Crippen LogP contribution in [-0.2, 0) is 30.4 Å². The van der Waals surface area contributed by atoms with Gasteiger partial charge in [-0.2, -0.15) is 39.5 Å². The van der Waals surface area contributed by atoms with Crippen molar-refractivity contribution < 1.29 is 163 Å². The molecule has 0 bridgehead atoms. The Morgan fingerprint density at radius 3 is 0.382 bits per heavy atom. The summed E-state index contributed by atoms with van der Waals surface area (Å²) in [6, 6.07) is 0. The van der Waals surface area contributed by atoms with Gasteiger partial charge in [-0.1, -0.05) is 0 Å². The molecule has 31 heteroatoms. The normalized spacial score (nSPS) is 9.88. The minimum atomic E-state index is -6.09. The first-order chi connectivity index (χ1) is 9.75. The van der Waals surface area contributed by atoms with Gasteiger partial charge in [0.2, 0.25) is 0 Å². The van der Waals surface area contributed by atoms with Gasteiger partial charge in [-0.3, -0.25) is 0 Å². The number of halogens is 9. The maximum atomic E-state index is 10.7. The molecule has 0 aromatic rings. The summed E-state index contributed by atoms with van der Waals surface area (Å²) in [6.07, 6.45) is 0. The number of alkyl halides is 9. The van der Waals surface area contributed by atoms with Crippen molar-refractivity contribution in [3.05, 3.63) is 0 Å². The number of rotatable bonds is 0. The van der Waals surface area contributed by atoms with Crippen molar-refractivity contribution in [2.24, 2.45) is 0 Å². The molecule has 0 aromatic heterocycles. The summed E-state index contributed by atoms with van der Waals surface area (Å²) in [7, 11) is -18.3. The molecular formula is C3H18F9LaO18S3. The van der Waals surface area contributed by atoms with E-state index in [0.717, 1.165) is 0 Å². The first-order valence-corrected chi connectivity index (χ1v) is 8.04. The van der Waals surface area contributed by atoms with Gasteiger partial charge in [-0.15, -0.1) is 0 Å². The van der Waals surface area contributed by atoms with Crippen molar-refractivity contribution in [3.8, 4) is 0 Å². The van der Waals surface area contributed by atoms with Gasteiger partial charge in [0.05, 0.1) is 0 Å². The Labute approximate surface area is 209 Å². The predicted molar refractivity (Wildman–Crippen MR) is 79.8 cm³/mol. The average molecular weight is 748 g/mol. The minimum Gasteiger partial charge on any atom is -0.741 e. The standard InChI is InChI=1S/3CHF3O3S.La.9H2O/c3*2-1(3,4)8(5,6)7;;;;;;;;;;/h3*(H,5,6,7);;9*1H2/q;;;+3;;;;;;;;;/p-3. The molecule has 0 aromatic carbocycles. The summed E-state index contributed by atoms with van der Waals surface area (Å²) in [4.78, 5) is 0. The van der Waals surface area contributed by atoms with Crippen LogP contribution in [0.15, 0.2) is 0 Å². The monoisotopic (exact) mass is 748 g/mol. The topological polar surface area (TPSA) is 455 Å². The van der Waals surface area contributed by atoms with Gasteiger partial charge in [0.1, 0.15) is 0 Å². The summed E-state index contributed by atoms with van der Waals surface area (Å²) in [5, 5.41) is 0. The fourth-order valence-corrected chi connectivity index (χ4v) is 0. The zero-order valence-corrected chi connectivity index (χ0v) is 21.0. The molecule has 0 unspecified atom stereocenters. The van der Waals surface area contributed by atoms with E-state index in [9.17, 15) is 39.5 Å². The van der Waals surface area contributed by atoms with Gasteiger partial charge < -0.3 is 62.9 Å². The van der Waals surface area contributed by atoms with Crippen LogP contribution in [0.2, 0.25) is 0 Å². The van der Waals surface area contributed by atoms with E-state index in [2.05, 4.69) is 0 Å². The fraction of sp³-hybridized carbons (Fsp3) is 1.00. The third-order valence-electron chi connectivity index (χ3n) is 0.850. The van der Waals surface area contributed by atoms with E-state index in [-0.39, 0.29) is 84.9 Å². The third-order valence-corrected chi connectivity index (χ3v) is 2.55. The molecule has 0 rings (SSSR count).